The Morgan fingerprint density at radius 3 is 2.95 bits per heavy atom. The quantitative estimate of drug-likeness (QED) is 0.886. The molecule has 1 unspecified atom stereocenters. The summed E-state index contributed by atoms with van der Waals surface area (Å²) >= 11 is 3.36. The van der Waals surface area contributed by atoms with Gasteiger partial charge in [-0.2, -0.15) is 0 Å². The number of aromatic hydroxyl groups is 1. The van der Waals surface area contributed by atoms with Crippen LogP contribution in [0, 0.1) is 5.82 Å². The maximum absolute atomic E-state index is 13.7. The number of hydrogen-bond acceptors (Lipinski definition) is 2. The van der Waals surface area contributed by atoms with Gasteiger partial charge in [-0.15, -0.1) is 0 Å². The Kier molecular flexibility index (Phi) is 3.76. The summed E-state index contributed by atoms with van der Waals surface area (Å²) in [5.74, 6) is 0.118. The molecule has 3 rings (SSSR count). The van der Waals surface area contributed by atoms with Crippen LogP contribution in [0.2, 0.25) is 0 Å². The highest BCUT2D eigenvalue weighted by Gasteiger charge is 2.22. The van der Waals surface area contributed by atoms with E-state index < -0.39 is 0 Å². The van der Waals surface area contributed by atoms with E-state index in [1.165, 1.54) is 17.2 Å². The molecule has 0 aliphatic heterocycles. The van der Waals surface area contributed by atoms with E-state index in [0.717, 1.165) is 17.3 Å². The van der Waals surface area contributed by atoms with Crippen LogP contribution in [-0.4, -0.2) is 5.11 Å². The maximum atomic E-state index is 13.7. The fourth-order valence-corrected chi connectivity index (χ4v) is 3.14. The van der Waals surface area contributed by atoms with E-state index in [2.05, 4.69) is 21.2 Å². The molecule has 0 saturated heterocycles. The predicted octanol–water partition coefficient (Wildman–Crippen LogP) is 4.07. The molecule has 104 valence electrons. The molecule has 0 aromatic heterocycles. The molecular weight excluding hydrogens is 321 g/mol. The molecule has 1 aliphatic carbocycles. The van der Waals surface area contributed by atoms with E-state index in [0.29, 0.717) is 17.9 Å². The van der Waals surface area contributed by atoms with Crippen LogP contribution in [-0.2, 0) is 13.0 Å². The van der Waals surface area contributed by atoms with Crippen LogP contribution in [0.4, 0.5) is 4.39 Å². The Bertz CT molecular complexity index is 644. The first kappa shape index (κ1) is 13.6. The lowest BCUT2D eigenvalue weighted by atomic mass is 10.1. The largest absolute Gasteiger partial charge is 0.508 e. The van der Waals surface area contributed by atoms with Crippen LogP contribution >= 0.6 is 15.9 Å². The van der Waals surface area contributed by atoms with Gasteiger partial charge in [0.1, 0.15) is 11.6 Å². The Morgan fingerprint density at radius 2 is 2.10 bits per heavy atom. The zero-order valence-electron chi connectivity index (χ0n) is 10.9. The molecule has 0 spiro atoms. The molecule has 0 radical (unpaired) electrons. The third-order valence-corrected chi connectivity index (χ3v) is 4.24. The average molecular weight is 336 g/mol. The van der Waals surface area contributed by atoms with Crippen LogP contribution in [0.25, 0.3) is 0 Å². The summed E-state index contributed by atoms with van der Waals surface area (Å²) in [4.78, 5) is 0. The highest BCUT2D eigenvalue weighted by Crippen LogP contribution is 2.33. The number of aryl methyl sites for hydroxylation is 1. The van der Waals surface area contributed by atoms with Gasteiger partial charge in [-0.3, -0.25) is 0 Å². The molecule has 4 heteroatoms. The second-order valence-corrected chi connectivity index (χ2v) is 6.01. The first-order valence-electron chi connectivity index (χ1n) is 6.62. The van der Waals surface area contributed by atoms with Gasteiger partial charge in [0, 0.05) is 22.6 Å². The van der Waals surface area contributed by atoms with Gasteiger partial charge in [-0.25, -0.2) is 4.39 Å². The summed E-state index contributed by atoms with van der Waals surface area (Å²) in [6.07, 6.45) is 1.93. The predicted molar refractivity (Wildman–Crippen MR) is 80.1 cm³/mol. The third-order valence-electron chi connectivity index (χ3n) is 3.75. The number of halogens is 2. The standard InChI is InChI=1S/C16H15BrFNO/c17-12-2-5-15(18)11(7-12)9-19-16-6-1-10-8-13(20)3-4-14(10)16/h2-5,7-8,16,19-20H,1,6,9H2. The molecule has 0 saturated carbocycles. The van der Waals surface area contributed by atoms with Crippen molar-refractivity contribution < 1.29 is 9.50 Å². The van der Waals surface area contributed by atoms with Crippen molar-refractivity contribution in [2.45, 2.75) is 25.4 Å². The molecule has 2 aromatic rings. The van der Waals surface area contributed by atoms with Crippen LogP contribution in [0.1, 0.15) is 29.2 Å². The van der Waals surface area contributed by atoms with Crippen molar-refractivity contribution in [3.8, 4) is 5.75 Å². The second kappa shape index (κ2) is 5.54. The molecule has 1 atom stereocenters. The number of hydrogen-bond donors (Lipinski definition) is 2. The van der Waals surface area contributed by atoms with Crippen LogP contribution in [0.3, 0.4) is 0 Å². The van der Waals surface area contributed by atoms with Crippen molar-refractivity contribution in [2.75, 3.05) is 0 Å². The van der Waals surface area contributed by atoms with E-state index in [4.69, 9.17) is 0 Å². The topological polar surface area (TPSA) is 32.3 Å². The third kappa shape index (κ3) is 2.72. The second-order valence-electron chi connectivity index (χ2n) is 5.09. The van der Waals surface area contributed by atoms with Crippen LogP contribution in [0.5, 0.6) is 5.75 Å². The molecule has 0 bridgehead atoms. The Labute approximate surface area is 125 Å². The lowest BCUT2D eigenvalue weighted by Crippen LogP contribution is -2.19. The first-order valence-corrected chi connectivity index (χ1v) is 7.42. The van der Waals surface area contributed by atoms with Gasteiger partial charge in [0.25, 0.3) is 0 Å². The highest BCUT2D eigenvalue weighted by atomic mass is 79.9. The fraction of sp³-hybridized carbons (Fsp3) is 0.250. The van der Waals surface area contributed by atoms with Crippen molar-refractivity contribution in [1.29, 1.82) is 0 Å². The van der Waals surface area contributed by atoms with Gasteiger partial charge in [-0.05, 0) is 54.3 Å². The molecule has 2 aromatic carbocycles. The van der Waals surface area contributed by atoms with E-state index in [-0.39, 0.29) is 11.9 Å². The summed E-state index contributed by atoms with van der Waals surface area (Å²) in [7, 11) is 0. The molecule has 0 fully saturated rings. The number of rotatable bonds is 3. The van der Waals surface area contributed by atoms with E-state index in [9.17, 15) is 9.50 Å². The van der Waals surface area contributed by atoms with E-state index >= 15 is 0 Å². The highest BCUT2D eigenvalue weighted by molar-refractivity contribution is 9.10. The van der Waals surface area contributed by atoms with Gasteiger partial charge < -0.3 is 10.4 Å². The lowest BCUT2D eigenvalue weighted by molar-refractivity contribution is 0.474. The maximum Gasteiger partial charge on any atom is 0.127 e. The molecular formula is C16H15BrFNO. The van der Waals surface area contributed by atoms with Crippen molar-refractivity contribution in [3.63, 3.8) is 0 Å². The van der Waals surface area contributed by atoms with Gasteiger partial charge in [0.2, 0.25) is 0 Å². The minimum atomic E-state index is -0.190. The minimum absolute atomic E-state index is 0.190. The number of phenolic OH excluding ortho intramolecular Hbond substituents is 1. The summed E-state index contributed by atoms with van der Waals surface area (Å²) in [5.41, 5.74) is 3.04. The van der Waals surface area contributed by atoms with Gasteiger partial charge in [-0.1, -0.05) is 22.0 Å². The minimum Gasteiger partial charge on any atom is -0.508 e. The van der Waals surface area contributed by atoms with Crippen molar-refractivity contribution in [2.24, 2.45) is 0 Å². The lowest BCUT2D eigenvalue weighted by Gasteiger charge is -2.14. The van der Waals surface area contributed by atoms with Crippen molar-refractivity contribution >= 4 is 15.9 Å². The van der Waals surface area contributed by atoms with Crippen LogP contribution in [0.15, 0.2) is 40.9 Å². The fourth-order valence-electron chi connectivity index (χ4n) is 2.73. The number of fused-ring (bicyclic) bond motifs is 1. The first-order chi connectivity index (χ1) is 9.63. The Balaban J connectivity index is 1.73. The van der Waals surface area contributed by atoms with Gasteiger partial charge in [0.15, 0.2) is 0 Å². The molecule has 1 aliphatic rings. The molecule has 0 heterocycles. The molecule has 20 heavy (non-hydrogen) atoms. The molecule has 0 amide bonds. The SMILES string of the molecule is Oc1ccc2c(c1)CCC2NCc1cc(Br)ccc1F. The normalized spacial score (nSPS) is 17.2. The summed E-state index contributed by atoms with van der Waals surface area (Å²) in [5, 5.41) is 12.9. The summed E-state index contributed by atoms with van der Waals surface area (Å²) in [6, 6.07) is 10.7. The number of benzene rings is 2. The summed E-state index contributed by atoms with van der Waals surface area (Å²) < 4.78 is 14.6. The summed E-state index contributed by atoms with van der Waals surface area (Å²) in [6.45, 7) is 0.496. The molecule has 2 nitrogen and oxygen atoms in total. The van der Waals surface area contributed by atoms with Crippen LogP contribution < -0.4 is 5.32 Å². The van der Waals surface area contributed by atoms with Crippen molar-refractivity contribution in [1.82, 2.24) is 5.32 Å². The Hall–Kier alpha value is -1.39. The Morgan fingerprint density at radius 1 is 1.25 bits per heavy atom. The van der Waals surface area contributed by atoms with Gasteiger partial charge in [0.05, 0.1) is 0 Å². The zero-order chi connectivity index (χ0) is 14.1. The zero-order valence-corrected chi connectivity index (χ0v) is 12.5. The average Bonchev–Trinajstić information content (AvgIpc) is 2.82. The molecule has 2 N–H and O–H groups in total. The monoisotopic (exact) mass is 335 g/mol. The van der Waals surface area contributed by atoms with Gasteiger partial charge >= 0.3 is 0 Å². The van der Waals surface area contributed by atoms with Crippen molar-refractivity contribution in [3.05, 3.63) is 63.4 Å². The van der Waals surface area contributed by atoms with E-state index in [1.54, 1.807) is 18.2 Å². The van der Waals surface area contributed by atoms with E-state index in [1.807, 2.05) is 12.1 Å². The smallest absolute Gasteiger partial charge is 0.127 e. The number of phenols is 1. The number of nitrogens with one attached hydrogen (secondary N) is 1.